The molecule has 0 aromatic heterocycles. The summed E-state index contributed by atoms with van der Waals surface area (Å²) in [4.78, 5) is 2.37. The lowest BCUT2D eigenvalue weighted by atomic mass is 9.97. The molecule has 0 aliphatic carbocycles. The van der Waals surface area contributed by atoms with E-state index in [9.17, 15) is 0 Å². The summed E-state index contributed by atoms with van der Waals surface area (Å²) in [5.74, 6) is 2.40. The second kappa shape index (κ2) is 8.57. The third-order valence-corrected chi connectivity index (χ3v) is 3.08. The molecule has 0 N–H and O–H groups in total. The predicted molar refractivity (Wildman–Crippen MR) is 66.2 cm³/mol. The molecular weight excluding hydrogens is 194 g/mol. The fourth-order valence-corrected chi connectivity index (χ4v) is 1.99. The van der Waals surface area contributed by atoms with E-state index in [0.29, 0.717) is 5.92 Å². The predicted octanol–water partition coefficient (Wildman–Crippen LogP) is 2.16. The van der Waals surface area contributed by atoms with Crippen molar-refractivity contribution in [2.24, 2.45) is 11.8 Å². The van der Waals surface area contributed by atoms with Crippen molar-refractivity contribution < 1.29 is 4.74 Å². The quantitative estimate of drug-likeness (QED) is 0.496. The van der Waals surface area contributed by atoms with Gasteiger partial charge in [-0.15, -0.1) is 0 Å². The van der Waals surface area contributed by atoms with E-state index in [1.807, 2.05) is 0 Å². The minimum absolute atomic E-state index is 0.700. The molecule has 0 aromatic rings. The highest BCUT2D eigenvalue weighted by atomic mass is 32.1. The number of methoxy groups -OCH3 is 1. The number of rotatable bonds is 8. The summed E-state index contributed by atoms with van der Waals surface area (Å²) >= 11 is 4.39. The maximum absolute atomic E-state index is 5.03. The van der Waals surface area contributed by atoms with Crippen molar-refractivity contribution in [1.82, 2.24) is 4.90 Å². The van der Waals surface area contributed by atoms with Gasteiger partial charge in [0.25, 0.3) is 0 Å². The molecule has 0 fully saturated rings. The molecule has 0 heterocycles. The van der Waals surface area contributed by atoms with Gasteiger partial charge in [-0.25, -0.2) is 0 Å². The Morgan fingerprint density at radius 2 is 2.00 bits per heavy atom. The third-order valence-electron chi connectivity index (χ3n) is 2.61. The van der Waals surface area contributed by atoms with Crippen LogP contribution in [0.15, 0.2) is 0 Å². The Morgan fingerprint density at radius 3 is 2.43 bits per heavy atom. The Kier molecular flexibility index (Phi) is 8.73. The van der Waals surface area contributed by atoms with Gasteiger partial charge < -0.3 is 9.64 Å². The van der Waals surface area contributed by atoms with Gasteiger partial charge >= 0.3 is 0 Å². The third kappa shape index (κ3) is 6.68. The molecule has 1 atom stereocenters. The van der Waals surface area contributed by atoms with E-state index in [1.165, 1.54) is 0 Å². The number of thiol groups is 1. The lowest BCUT2D eigenvalue weighted by Crippen LogP contribution is -2.30. The molecule has 0 rings (SSSR count). The summed E-state index contributed by atoms with van der Waals surface area (Å²) in [6, 6.07) is 0. The number of ether oxygens (including phenoxy) is 1. The minimum atomic E-state index is 0.700. The Bertz CT molecular complexity index is 130. The summed E-state index contributed by atoms with van der Waals surface area (Å²) in [5, 5.41) is 0. The van der Waals surface area contributed by atoms with Crippen molar-refractivity contribution >= 4 is 12.6 Å². The van der Waals surface area contributed by atoms with Crippen LogP contribution in [0.1, 0.15) is 20.3 Å². The Morgan fingerprint density at radius 1 is 1.36 bits per heavy atom. The molecule has 0 spiro atoms. The van der Waals surface area contributed by atoms with E-state index in [0.717, 1.165) is 37.8 Å². The van der Waals surface area contributed by atoms with Crippen LogP contribution in [0.2, 0.25) is 0 Å². The lowest BCUT2D eigenvalue weighted by molar-refractivity contribution is 0.171. The number of hydrogen-bond donors (Lipinski definition) is 1. The first kappa shape index (κ1) is 14.3. The van der Waals surface area contributed by atoms with Crippen LogP contribution in [0.3, 0.4) is 0 Å². The van der Waals surface area contributed by atoms with Crippen LogP contribution in [0, 0.1) is 11.8 Å². The highest BCUT2D eigenvalue weighted by Gasteiger charge is 2.13. The fraction of sp³-hybridized carbons (Fsp3) is 1.00. The highest BCUT2D eigenvalue weighted by Crippen LogP contribution is 2.13. The highest BCUT2D eigenvalue weighted by molar-refractivity contribution is 7.80. The van der Waals surface area contributed by atoms with Crippen molar-refractivity contribution in [3.05, 3.63) is 0 Å². The van der Waals surface area contributed by atoms with Crippen molar-refractivity contribution in [3.63, 3.8) is 0 Å². The molecule has 0 aliphatic heterocycles. The van der Waals surface area contributed by atoms with Crippen LogP contribution in [0.25, 0.3) is 0 Å². The Labute approximate surface area is 94.4 Å². The molecule has 3 heteroatoms. The van der Waals surface area contributed by atoms with Gasteiger partial charge in [0.05, 0.1) is 0 Å². The van der Waals surface area contributed by atoms with Gasteiger partial charge in [-0.05, 0) is 31.1 Å². The maximum Gasteiger partial charge on any atom is 0.0474 e. The smallest absolute Gasteiger partial charge is 0.0474 e. The van der Waals surface area contributed by atoms with Gasteiger partial charge in [0.15, 0.2) is 0 Å². The summed E-state index contributed by atoms with van der Waals surface area (Å²) in [7, 11) is 3.93. The number of hydrogen-bond acceptors (Lipinski definition) is 3. The average molecular weight is 219 g/mol. The summed E-state index contributed by atoms with van der Waals surface area (Å²) < 4.78 is 5.03. The molecule has 2 nitrogen and oxygen atoms in total. The molecule has 0 bridgehead atoms. The first-order valence-corrected chi connectivity index (χ1v) is 6.03. The van der Waals surface area contributed by atoms with Crippen molar-refractivity contribution in [2.75, 3.05) is 39.6 Å². The molecule has 0 saturated carbocycles. The first-order valence-electron chi connectivity index (χ1n) is 5.40. The second-order valence-corrected chi connectivity index (χ2v) is 4.66. The first-order chi connectivity index (χ1) is 6.61. The summed E-state index contributed by atoms with van der Waals surface area (Å²) in [6.45, 7) is 7.65. The van der Waals surface area contributed by atoms with Gasteiger partial charge in [0, 0.05) is 26.8 Å². The molecule has 0 aromatic carbocycles. The van der Waals surface area contributed by atoms with Crippen LogP contribution < -0.4 is 0 Å². The molecule has 0 saturated heterocycles. The van der Waals surface area contributed by atoms with E-state index < -0.39 is 0 Å². The molecule has 14 heavy (non-hydrogen) atoms. The van der Waals surface area contributed by atoms with Crippen LogP contribution in [-0.4, -0.2) is 44.5 Å². The van der Waals surface area contributed by atoms with Crippen LogP contribution in [0.4, 0.5) is 0 Å². The molecule has 0 aliphatic rings. The monoisotopic (exact) mass is 219 g/mol. The molecule has 1 unspecified atom stereocenters. The zero-order valence-electron chi connectivity index (χ0n) is 9.99. The minimum Gasteiger partial charge on any atom is -0.385 e. The average Bonchev–Trinajstić information content (AvgIpc) is 2.14. The Balaban J connectivity index is 3.62. The topological polar surface area (TPSA) is 12.5 Å². The van der Waals surface area contributed by atoms with E-state index in [2.05, 4.69) is 38.4 Å². The second-order valence-electron chi connectivity index (χ2n) is 4.30. The number of nitrogens with zero attached hydrogens (tertiary/aromatic N) is 1. The normalized spacial score (nSPS) is 13.9. The molecular formula is C11H25NOS. The van der Waals surface area contributed by atoms with Crippen molar-refractivity contribution in [2.45, 2.75) is 20.3 Å². The van der Waals surface area contributed by atoms with E-state index >= 15 is 0 Å². The van der Waals surface area contributed by atoms with Gasteiger partial charge in [-0.2, -0.15) is 12.6 Å². The van der Waals surface area contributed by atoms with E-state index in [4.69, 9.17) is 4.74 Å². The van der Waals surface area contributed by atoms with Gasteiger partial charge in [0.2, 0.25) is 0 Å². The van der Waals surface area contributed by atoms with Crippen LogP contribution >= 0.6 is 12.6 Å². The SMILES string of the molecule is COCCCN(C)CC(CS)C(C)C. The van der Waals surface area contributed by atoms with Gasteiger partial charge in [-0.1, -0.05) is 13.8 Å². The zero-order valence-corrected chi connectivity index (χ0v) is 10.9. The van der Waals surface area contributed by atoms with Gasteiger partial charge in [0.1, 0.15) is 0 Å². The van der Waals surface area contributed by atoms with E-state index in [1.54, 1.807) is 7.11 Å². The Hall–Kier alpha value is 0.270. The standard InChI is InChI=1S/C11H25NOS/c1-10(2)11(9-14)8-12(3)6-5-7-13-4/h10-11,14H,5-9H2,1-4H3. The lowest BCUT2D eigenvalue weighted by Gasteiger charge is -2.25. The molecule has 86 valence electrons. The maximum atomic E-state index is 5.03. The van der Waals surface area contributed by atoms with E-state index in [-0.39, 0.29) is 0 Å². The summed E-state index contributed by atoms with van der Waals surface area (Å²) in [5.41, 5.74) is 0. The van der Waals surface area contributed by atoms with Crippen molar-refractivity contribution in [3.8, 4) is 0 Å². The summed E-state index contributed by atoms with van der Waals surface area (Å²) in [6.07, 6.45) is 1.12. The van der Waals surface area contributed by atoms with Crippen LogP contribution in [0.5, 0.6) is 0 Å². The largest absolute Gasteiger partial charge is 0.385 e. The van der Waals surface area contributed by atoms with Crippen LogP contribution in [-0.2, 0) is 4.74 Å². The van der Waals surface area contributed by atoms with Gasteiger partial charge in [-0.3, -0.25) is 0 Å². The fourth-order valence-electron chi connectivity index (χ4n) is 1.45. The zero-order chi connectivity index (χ0) is 11.0. The molecule has 0 radical (unpaired) electrons. The van der Waals surface area contributed by atoms with Crippen molar-refractivity contribution in [1.29, 1.82) is 0 Å². The molecule has 0 amide bonds.